The summed E-state index contributed by atoms with van der Waals surface area (Å²) < 4.78 is 6.01. The van der Waals surface area contributed by atoms with Crippen LogP contribution in [0.1, 0.15) is 38.9 Å². The summed E-state index contributed by atoms with van der Waals surface area (Å²) in [6.45, 7) is 8.25. The van der Waals surface area contributed by atoms with E-state index in [-0.39, 0.29) is 29.4 Å². The van der Waals surface area contributed by atoms with Crippen LogP contribution >= 0.6 is 0 Å². The molecule has 0 N–H and O–H groups in total. The Morgan fingerprint density at radius 3 is 2.58 bits per heavy atom. The molecule has 130 valence electrons. The van der Waals surface area contributed by atoms with Gasteiger partial charge in [-0.15, -0.1) is 0 Å². The molecule has 0 aromatic heterocycles. The number of benzene rings is 1. The van der Waals surface area contributed by atoms with Crippen LogP contribution in [-0.4, -0.2) is 53.4 Å². The first-order valence-electron chi connectivity index (χ1n) is 8.68. The van der Waals surface area contributed by atoms with E-state index in [1.165, 1.54) is 0 Å². The highest BCUT2D eigenvalue weighted by Gasteiger charge is 2.43. The Labute approximate surface area is 143 Å². The molecule has 3 rings (SSSR count). The predicted octanol–water partition coefficient (Wildman–Crippen LogP) is 2.23. The molecule has 2 saturated heterocycles. The molecule has 2 amide bonds. The number of ether oxygens (including phenoxy) is 1. The van der Waals surface area contributed by atoms with E-state index in [1.807, 2.05) is 56.0 Å². The number of amides is 2. The van der Waals surface area contributed by atoms with E-state index in [2.05, 4.69) is 0 Å². The van der Waals surface area contributed by atoms with Gasteiger partial charge in [0.25, 0.3) is 0 Å². The van der Waals surface area contributed by atoms with Crippen LogP contribution in [0.4, 0.5) is 0 Å². The van der Waals surface area contributed by atoms with E-state index >= 15 is 0 Å². The zero-order valence-electron chi connectivity index (χ0n) is 14.7. The van der Waals surface area contributed by atoms with E-state index in [4.69, 9.17) is 4.74 Å². The molecule has 5 heteroatoms. The molecule has 2 unspecified atom stereocenters. The summed E-state index contributed by atoms with van der Waals surface area (Å²) in [6, 6.07) is 10.0. The summed E-state index contributed by atoms with van der Waals surface area (Å²) >= 11 is 0. The number of carbonyl (C=O) groups is 2. The smallest absolute Gasteiger partial charge is 0.228 e. The van der Waals surface area contributed by atoms with E-state index in [0.717, 1.165) is 5.56 Å². The molecule has 2 aliphatic rings. The summed E-state index contributed by atoms with van der Waals surface area (Å²) in [4.78, 5) is 28.8. The first kappa shape index (κ1) is 17.0. The quantitative estimate of drug-likeness (QED) is 0.854. The van der Waals surface area contributed by atoms with E-state index in [1.54, 1.807) is 4.90 Å². The Hall–Kier alpha value is -1.88. The second kappa shape index (κ2) is 6.55. The van der Waals surface area contributed by atoms with Crippen LogP contribution in [0.2, 0.25) is 0 Å². The molecular weight excluding hydrogens is 304 g/mol. The molecule has 5 nitrogen and oxygen atoms in total. The molecule has 0 saturated carbocycles. The third-order valence-corrected chi connectivity index (χ3v) is 5.10. The largest absolute Gasteiger partial charge is 0.369 e. The van der Waals surface area contributed by atoms with E-state index in [9.17, 15) is 9.59 Å². The maximum Gasteiger partial charge on any atom is 0.228 e. The van der Waals surface area contributed by atoms with Gasteiger partial charge in [-0.05, 0) is 26.3 Å². The lowest BCUT2D eigenvalue weighted by molar-refractivity contribution is -0.158. The van der Waals surface area contributed by atoms with Crippen molar-refractivity contribution in [1.29, 1.82) is 0 Å². The van der Waals surface area contributed by atoms with Crippen molar-refractivity contribution in [1.82, 2.24) is 9.80 Å². The fraction of sp³-hybridized carbons (Fsp3) is 0.579. The molecule has 0 spiro atoms. The van der Waals surface area contributed by atoms with Crippen molar-refractivity contribution >= 4 is 11.8 Å². The predicted molar refractivity (Wildman–Crippen MR) is 91.3 cm³/mol. The van der Waals surface area contributed by atoms with Crippen molar-refractivity contribution in [3.63, 3.8) is 0 Å². The molecule has 2 fully saturated rings. The maximum absolute atomic E-state index is 13.1. The van der Waals surface area contributed by atoms with Crippen molar-refractivity contribution < 1.29 is 14.3 Å². The molecular formula is C19H26N2O3. The lowest BCUT2D eigenvalue weighted by atomic mass is 9.95. The number of carbonyl (C=O) groups excluding carboxylic acids is 2. The lowest BCUT2D eigenvalue weighted by Gasteiger charge is -2.46. The molecule has 1 aromatic carbocycles. The molecule has 2 atom stereocenters. The minimum atomic E-state index is -0.356. The fourth-order valence-corrected chi connectivity index (χ4v) is 3.57. The standard InChI is InChI=1S/C19H26N2O3/c1-4-20-11-15(10-17(20)22)18(23)21-12-16(24-13-19(21,2)3)14-8-6-5-7-9-14/h5-9,15-16H,4,10-13H2,1-3H3. The zero-order valence-corrected chi connectivity index (χ0v) is 14.7. The van der Waals surface area contributed by atoms with Gasteiger partial charge >= 0.3 is 0 Å². The average Bonchev–Trinajstić information content (AvgIpc) is 2.96. The van der Waals surface area contributed by atoms with Crippen LogP contribution in [-0.2, 0) is 14.3 Å². The summed E-state index contributed by atoms with van der Waals surface area (Å²) in [5.74, 6) is -0.0682. The van der Waals surface area contributed by atoms with Gasteiger partial charge in [0.1, 0.15) is 6.10 Å². The second-order valence-corrected chi connectivity index (χ2v) is 7.31. The van der Waals surface area contributed by atoms with Crippen molar-refractivity contribution in [2.75, 3.05) is 26.2 Å². The SMILES string of the molecule is CCN1CC(C(=O)N2CC(c3ccccc3)OCC2(C)C)CC1=O. The Bertz CT molecular complexity index is 614. The number of hydrogen-bond acceptors (Lipinski definition) is 3. The summed E-state index contributed by atoms with van der Waals surface area (Å²) in [6.07, 6.45) is 0.221. The number of likely N-dealkylation sites (tertiary alicyclic amines) is 1. The van der Waals surface area contributed by atoms with Crippen molar-refractivity contribution in [3.05, 3.63) is 35.9 Å². The van der Waals surface area contributed by atoms with Gasteiger partial charge in [-0.3, -0.25) is 9.59 Å². The van der Waals surface area contributed by atoms with Gasteiger partial charge in [0.15, 0.2) is 0 Å². The van der Waals surface area contributed by atoms with Gasteiger partial charge in [-0.2, -0.15) is 0 Å². The highest BCUT2D eigenvalue weighted by molar-refractivity contribution is 5.89. The van der Waals surface area contributed by atoms with Crippen molar-refractivity contribution in [2.24, 2.45) is 5.92 Å². The molecule has 24 heavy (non-hydrogen) atoms. The van der Waals surface area contributed by atoms with E-state index in [0.29, 0.717) is 32.7 Å². The van der Waals surface area contributed by atoms with Gasteiger partial charge in [0.2, 0.25) is 11.8 Å². The van der Waals surface area contributed by atoms with Crippen LogP contribution in [0.15, 0.2) is 30.3 Å². The van der Waals surface area contributed by atoms with Gasteiger partial charge in [0.05, 0.1) is 24.6 Å². The normalized spacial score (nSPS) is 26.7. The van der Waals surface area contributed by atoms with Crippen LogP contribution in [0, 0.1) is 5.92 Å². The van der Waals surface area contributed by atoms with Gasteiger partial charge in [-0.1, -0.05) is 30.3 Å². The number of rotatable bonds is 3. The molecule has 2 heterocycles. The van der Waals surface area contributed by atoms with Gasteiger partial charge < -0.3 is 14.5 Å². The van der Waals surface area contributed by atoms with Crippen LogP contribution in [0.25, 0.3) is 0 Å². The van der Waals surface area contributed by atoms with Crippen molar-refractivity contribution in [3.8, 4) is 0 Å². The molecule has 0 bridgehead atoms. The number of nitrogens with zero attached hydrogens (tertiary/aromatic N) is 2. The zero-order chi connectivity index (χ0) is 17.3. The third kappa shape index (κ3) is 3.18. The Kier molecular flexibility index (Phi) is 4.63. The van der Waals surface area contributed by atoms with Crippen LogP contribution in [0.5, 0.6) is 0 Å². The lowest BCUT2D eigenvalue weighted by Crippen LogP contribution is -2.57. The van der Waals surface area contributed by atoms with Crippen LogP contribution in [0.3, 0.4) is 0 Å². The molecule has 0 radical (unpaired) electrons. The highest BCUT2D eigenvalue weighted by atomic mass is 16.5. The average molecular weight is 330 g/mol. The Morgan fingerprint density at radius 2 is 1.96 bits per heavy atom. The van der Waals surface area contributed by atoms with Crippen LogP contribution < -0.4 is 0 Å². The summed E-state index contributed by atoms with van der Waals surface area (Å²) in [5, 5.41) is 0. The number of morpholine rings is 1. The minimum Gasteiger partial charge on any atom is -0.369 e. The Balaban J connectivity index is 1.76. The maximum atomic E-state index is 13.1. The number of hydrogen-bond donors (Lipinski definition) is 0. The highest BCUT2D eigenvalue weighted by Crippen LogP contribution is 2.33. The fourth-order valence-electron chi connectivity index (χ4n) is 3.57. The van der Waals surface area contributed by atoms with Crippen molar-refractivity contribution in [2.45, 2.75) is 38.8 Å². The Morgan fingerprint density at radius 1 is 1.25 bits per heavy atom. The molecule has 2 aliphatic heterocycles. The summed E-state index contributed by atoms with van der Waals surface area (Å²) in [5.41, 5.74) is 0.730. The second-order valence-electron chi connectivity index (χ2n) is 7.31. The molecule has 0 aliphatic carbocycles. The minimum absolute atomic E-state index is 0.0773. The monoisotopic (exact) mass is 330 g/mol. The van der Waals surface area contributed by atoms with E-state index < -0.39 is 0 Å². The first-order valence-corrected chi connectivity index (χ1v) is 8.68. The van der Waals surface area contributed by atoms with Gasteiger partial charge in [0, 0.05) is 19.5 Å². The summed E-state index contributed by atoms with van der Waals surface area (Å²) in [7, 11) is 0. The van der Waals surface area contributed by atoms with Gasteiger partial charge in [-0.25, -0.2) is 0 Å². The molecule has 1 aromatic rings. The topological polar surface area (TPSA) is 49.9 Å². The third-order valence-electron chi connectivity index (χ3n) is 5.10. The first-order chi connectivity index (χ1) is 11.4.